The number of rotatable bonds is 5. The first kappa shape index (κ1) is 16.9. The largest absolute Gasteiger partial charge is 0.409 e. The average molecular weight is 311 g/mol. The highest BCUT2D eigenvalue weighted by Crippen LogP contribution is 2.37. The standard InChI is InChI=1S/C17H30O3Si/c1-17(2,20-21(3,4)5)10-6-7-15-12-13-11-14(18)8-9-16(13)19-15/h6,10,13,15-16H,7-9,11-12H2,1-5H3/b10-6+/t13-,15+,16-/m0/s1. The molecule has 1 saturated carbocycles. The molecule has 120 valence electrons. The fourth-order valence-corrected chi connectivity index (χ4v) is 5.24. The average Bonchev–Trinajstić information content (AvgIpc) is 2.66. The van der Waals surface area contributed by atoms with Gasteiger partial charge in [0.25, 0.3) is 0 Å². The topological polar surface area (TPSA) is 35.5 Å². The Bertz CT molecular complexity index is 409. The minimum atomic E-state index is -1.53. The zero-order chi connectivity index (χ0) is 15.7. The lowest BCUT2D eigenvalue weighted by Gasteiger charge is -2.30. The maximum Gasteiger partial charge on any atom is 0.184 e. The van der Waals surface area contributed by atoms with Crippen LogP contribution < -0.4 is 0 Å². The van der Waals surface area contributed by atoms with Crippen LogP contribution in [0.5, 0.6) is 0 Å². The van der Waals surface area contributed by atoms with Gasteiger partial charge in [0.15, 0.2) is 8.32 Å². The summed E-state index contributed by atoms with van der Waals surface area (Å²) in [5.74, 6) is 0.886. The van der Waals surface area contributed by atoms with E-state index in [1.54, 1.807) is 0 Å². The van der Waals surface area contributed by atoms with Gasteiger partial charge in [0.1, 0.15) is 5.78 Å². The first-order valence-corrected chi connectivity index (χ1v) is 11.6. The molecule has 21 heavy (non-hydrogen) atoms. The van der Waals surface area contributed by atoms with Gasteiger partial charge in [-0.2, -0.15) is 0 Å². The van der Waals surface area contributed by atoms with Crippen molar-refractivity contribution in [3.05, 3.63) is 12.2 Å². The minimum Gasteiger partial charge on any atom is -0.409 e. The second-order valence-electron chi connectivity index (χ2n) is 8.03. The van der Waals surface area contributed by atoms with Crippen LogP contribution >= 0.6 is 0 Å². The first-order chi connectivity index (χ1) is 9.65. The molecule has 1 aliphatic carbocycles. The molecule has 1 heterocycles. The number of ether oxygens (including phenoxy) is 1. The molecule has 2 fully saturated rings. The van der Waals surface area contributed by atoms with E-state index in [2.05, 4.69) is 45.6 Å². The number of hydrogen-bond acceptors (Lipinski definition) is 3. The molecule has 2 aliphatic rings. The number of carbonyl (C=O) groups excluding carboxylic acids is 1. The van der Waals surface area contributed by atoms with E-state index in [4.69, 9.17) is 9.16 Å². The van der Waals surface area contributed by atoms with Gasteiger partial charge in [-0.25, -0.2) is 0 Å². The monoisotopic (exact) mass is 310 g/mol. The van der Waals surface area contributed by atoms with Gasteiger partial charge in [0, 0.05) is 12.8 Å². The van der Waals surface area contributed by atoms with Crippen LogP contribution in [0.3, 0.4) is 0 Å². The molecule has 0 aromatic heterocycles. The fraction of sp³-hybridized carbons (Fsp3) is 0.824. The highest BCUT2D eigenvalue weighted by Gasteiger charge is 2.38. The molecule has 0 radical (unpaired) electrons. The molecule has 4 heteroatoms. The second kappa shape index (κ2) is 6.35. The van der Waals surface area contributed by atoms with Crippen LogP contribution in [0.15, 0.2) is 12.2 Å². The Labute approximate surface area is 130 Å². The molecular weight excluding hydrogens is 280 g/mol. The van der Waals surface area contributed by atoms with Crippen molar-refractivity contribution in [1.82, 2.24) is 0 Å². The fourth-order valence-electron chi connectivity index (χ4n) is 3.60. The third-order valence-electron chi connectivity index (χ3n) is 4.14. The van der Waals surface area contributed by atoms with Crippen LogP contribution in [-0.4, -0.2) is 31.9 Å². The lowest BCUT2D eigenvalue weighted by atomic mass is 9.84. The van der Waals surface area contributed by atoms with E-state index in [0.29, 0.717) is 24.2 Å². The van der Waals surface area contributed by atoms with Crippen LogP contribution in [0, 0.1) is 5.92 Å². The predicted octanol–water partition coefficient (Wildman–Crippen LogP) is 4.09. The summed E-state index contributed by atoms with van der Waals surface area (Å²) in [7, 11) is -1.53. The molecule has 1 aliphatic heterocycles. The van der Waals surface area contributed by atoms with Gasteiger partial charge >= 0.3 is 0 Å². The lowest BCUT2D eigenvalue weighted by Crippen LogP contribution is -2.36. The van der Waals surface area contributed by atoms with E-state index in [1.165, 1.54) is 0 Å². The van der Waals surface area contributed by atoms with Gasteiger partial charge < -0.3 is 9.16 Å². The van der Waals surface area contributed by atoms with Gasteiger partial charge in [-0.15, -0.1) is 0 Å². The Morgan fingerprint density at radius 2 is 2.10 bits per heavy atom. The molecule has 0 aromatic rings. The first-order valence-electron chi connectivity index (χ1n) is 8.20. The normalized spacial score (nSPS) is 30.9. The van der Waals surface area contributed by atoms with Crippen molar-refractivity contribution in [2.75, 3.05) is 0 Å². The zero-order valence-corrected chi connectivity index (χ0v) is 15.1. The Morgan fingerprint density at radius 3 is 2.76 bits per heavy atom. The van der Waals surface area contributed by atoms with Crippen molar-refractivity contribution in [2.24, 2.45) is 5.92 Å². The van der Waals surface area contributed by atoms with Crippen molar-refractivity contribution in [2.45, 2.75) is 83.4 Å². The summed E-state index contributed by atoms with van der Waals surface area (Å²) in [5, 5.41) is 0. The van der Waals surface area contributed by atoms with Crippen molar-refractivity contribution in [3.63, 3.8) is 0 Å². The summed E-state index contributed by atoms with van der Waals surface area (Å²) in [5.41, 5.74) is -0.203. The predicted molar refractivity (Wildman–Crippen MR) is 87.9 cm³/mol. The summed E-state index contributed by atoms with van der Waals surface area (Å²) >= 11 is 0. The van der Waals surface area contributed by atoms with Crippen molar-refractivity contribution in [1.29, 1.82) is 0 Å². The SMILES string of the molecule is CC(C)(/C=C/C[C@@H]1C[C@@H]2CC(=O)CC[C@@H]2O1)O[Si](C)(C)C. The highest BCUT2D eigenvalue weighted by molar-refractivity contribution is 6.69. The molecule has 0 N–H and O–H groups in total. The quantitative estimate of drug-likeness (QED) is 0.567. The lowest BCUT2D eigenvalue weighted by molar-refractivity contribution is -0.123. The van der Waals surface area contributed by atoms with E-state index in [1.807, 2.05) is 0 Å². The van der Waals surface area contributed by atoms with E-state index >= 15 is 0 Å². The minimum absolute atomic E-state index is 0.203. The van der Waals surface area contributed by atoms with E-state index in [0.717, 1.165) is 25.7 Å². The maximum absolute atomic E-state index is 11.5. The highest BCUT2D eigenvalue weighted by atomic mass is 28.4. The molecule has 1 saturated heterocycles. The van der Waals surface area contributed by atoms with Crippen molar-refractivity contribution < 1.29 is 14.0 Å². The van der Waals surface area contributed by atoms with Crippen LogP contribution in [0.25, 0.3) is 0 Å². The molecule has 0 amide bonds. The molecule has 0 aromatic carbocycles. The smallest absolute Gasteiger partial charge is 0.184 e. The Kier molecular flexibility index (Phi) is 5.11. The van der Waals surface area contributed by atoms with Crippen molar-refractivity contribution >= 4 is 14.1 Å². The van der Waals surface area contributed by atoms with E-state index < -0.39 is 8.32 Å². The van der Waals surface area contributed by atoms with Crippen LogP contribution in [0.4, 0.5) is 0 Å². The van der Waals surface area contributed by atoms with Gasteiger partial charge in [0.05, 0.1) is 17.8 Å². The maximum atomic E-state index is 11.5. The van der Waals surface area contributed by atoms with Gasteiger partial charge in [-0.1, -0.05) is 12.2 Å². The molecule has 2 rings (SSSR count). The Morgan fingerprint density at radius 1 is 1.38 bits per heavy atom. The van der Waals surface area contributed by atoms with E-state index in [-0.39, 0.29) is 11.7 Å². The number of carbonyl (C=O) groups is 1. The second-order valence-corrected chi connectivity index (χ2v) is 12.5. The van der Waals surface area contributed by atoms with Gasteiger partial charge in [-0.05, 0) is 58.7 Å². The van der Waals surface area contributed by atoms with Crippen molar-refractivity contribution in [3.8, 4) is 0 Å². The summed E-state index contributed by atoms with van der Waals surface area (Å²) in [4.78, 5) is 11.5. The summed E-state index contributed by atoms with van der Waals surface area (Å²) in [6, 6.07) is 0. The summed E-state index contributed by atoms with van der Waals surface area (Å²) < 4.78 is 12.3. The van der Waals surface area contributed by atoms with Crippen LogP contribution in [-0.2, 0) is 14.0 Å². The Balaban J connectivity index is 1.81. The Hall–Kier alpha value is -0.453. The third kappa shape index (κ3) is 5.35. The summed E-state index contributed by atoms with van der Waals surface area (Å²) in [6.07, 6.45) is 9.31. The molecule has 0 spiro atoms. The number of fused-ring (bicyclic) bond motifs is 1. The number of hydrogen-bond donors (Lipinski definition) is 0. The molecular formula is C17H30O3Si. The summed E-state index contributed by atoms with van der Waals surface area (Å²) in [6.45, 7) is 10.9. The number of Topliss-reactive ketones (excluding diaryl/α,β-unsaturated/α-hetero) is 1. The molecule has 0 unspecified atom stereocenters. The van der Waals surface area contributed by atoms with Crippen LogP contribution in [0.2, 0.25) is 19.6 Å². The molecule has 3 atom stereocenters. The molecule has 3 nitrogen and oxygen atoms in total. The van der Waals surface area contributed by atoms with E-state index in [9.17, 15) is 4.79 Å². The molecule has 0 bridgehead atoms. The third-order valence-corrected chi connectivity index (χ3v) is 5.28. The zero-order valence-electron chi connectivity index (χ0n) is 14.1. The van der Waals surface area contributed by atoms with Crippen LogP contribution in [0.1, 0.15) is 46.0 Å². The number of ketones is 1. The van der Waals surface area contributed by atoms with Gasteiger partial charge in [-0.3, -0.25) is 4.79 Å². The van der Waals surface area contributed by atoms with Gasteiger partial charge in [0.2, 0.25) is 0 Å².